The van der Waals surface area contributed by atoms with Crippen molar-refractivity contribution in [3.05, 3.63) is 162 Å². The number of nitrogens with one attached hydrogen (secondary N) is 2. The first kappa shape index (κ1) is 55.9. The van der Waals surface area contributed by atoms with Gasteiger partial charge in [-0.15, -0.1) is 0 Å². The molecule has 9 rings (SSSR count). The van der Waals surface area contributed by atoms with E-state index in [-0.39, 0.29) is 0 Å². The van der Waals surface area contributed by atoms with Crippen molar-refractivity contribution in [2.75, 3.05) is 0 Å². The lowest BCUT2D eigenvalue weighted by atomic mass is 9.90. The Morgan fingerprint density at radius 1 is 0.238 bits per heavy atom. The largest absolute Gasteiger partial charge is 0.478 e. The lowest BCUT2D eigenvalue weighted by Gasteiger charge is -2.15. The van der Waals surface area contributed by atoms with Crippen molar-refractivity contribution in [1.29, 1.82) is 0 Å². The van der Waals surface area contributed by atoms with E-state index < -0.39 is 228 Å². The van der Waals surface area contributed by atoms with Crippen molar-refractivity contribution in [3.8, 4) is 44.5 Å². The Hall–Kier alpha value is -12.9. The van der Waals surface area contributed by atoms with Crippen molar-refractivity contribution < 1.29 is 119 Å². The number of fused-ring (bicyclic) bond motifs is 8. The monoisotopic (exact) mass is 1140 g/mol. The molecule has 418 valence electrons. The van der Waals surface area contributed by atoms with Gasteiger partial charge in [-0.2, -0.15) is 0 Å². The molecule has 2 aliphatic heterocycles. The molecule has 0 atom stereocenters. The summed E-state index contributed by atoms with van der Waals surface area (Å²) in [5.74, 6) is -22.8. The molecule has 0 amide bonds. The van der Waals surface area contributed by atoms with E-state index in [4.69, 9.17) is 0 Å². The van der Waals surface area contributed by atoms with Crippen LogP contribution in [0.15, 0.2) is 72.8 Å². The highest BCUT2D eigenvalue weighted by molar-refractivity contribution is 6.17. The molecule has 28 heteroatoms. The third kappa shape index (κ3) is 9.56. The second-order valence-electron chi connectivity index (χ2n) is 17.9. The number of nitrogens with zero attached hydrogens (tertiary/aromatic N) is 2. The fourth-order valence-corrected chi connectivity index (χ4v) is 9.75. The highest BCUT2D eigenvalue weighted by atomic mass is 16.4. The average Bonchev–Trinajstić information content (AvgIpc) is 2.15. The van der Waals surface area contributed by atoms with Crippen LogP contribution in [0.2, 0.25) is 0 Å². The Morgan fingerprint density at radius 3 is 0.524 bits per heavy atom. The van der Waals surface area contributed by atoms with Gasteiger partial charge in [0.25, 0.3) is 0 Å². The van der Waals surface area contributed by atoms with Crippen LogP contribution in [-0.2, 0) is 0 Å². The van der Waals surface area contributed by atoms with E-state index in [1.165, 1.54) is 0 Å². The molecule has 0 spiro atoms. The molecular weight excluding hydrogens is 1110 g/mol. The molecular formula is C56H30N4O24. The zero-order valence-corrected chi connectivity index (χ0v) is 41.4. The molecule has 4 aromatic carbocycles. The standard InChI is InChI=1S/C56H30N4O24/c61-45(62)17-9-21(49(69)70)37(22(10-17)50(71)72)41-29-1-2-30(57-29)42(38-23(51(73)74)11-18(46(63)64)12-24(38)52(75)76)32-5-6-34(59-32)44(40-27(55(81)82)15-20(48(67)68)16-28(40)56(83)84)36-8-7-35(60-36)43(33-4-3-31(41)58-33)39-25(53(77)78)13-19(47(65)66)14-26(39)54(79)80/h1-16,57,60H,(H,61,62)(H,63,64)(H,65,66)(H,67,68)(H,69,70)(H,71,72)(H,73,74)(H,75,76)(H,77,78)(H,79,80)(H,81,82)(H,83,84). The summed E-state index contributed by atoms with van der Waals surface area (Å²) >= 11 is 0. The molecule has 0 aliphatic carbocycles. The van der Waals surface area contributed by atoms with Crippen molar-refractivity contribution in [3.63, 3.8) is 0 Å². The summed E-state index contributed by atoms with van der Waals surface area (Å²) in [5, 5.41) is 126. The average molecular weight is 1140 g/mol. The van der Waals surface area contributed by atoms with Crippen molar-refractivity contribution in [2.45, 2.75) is 0 Å². The number of aromatic amines is 2. The molecule has 3 aromatic heterocycles. The van der Waals surface area contributed by atoms with Gasteiger partial charge in [0.2, 0.25) is 0 Å². The number of rotatable bonds is 16. The fraction of sp³-hybridized carbons (Fsp3) is 0. The minimum Gasteiger partial charge on any atom is -0.478 e. The predicted octanol–water partition coefficient (Wildman–Crippen LogP) is 7.70. The van der Waals surface area contributed by atoms with Gasteiger partial charge in [0.15, 0.2) is 0 Å². The molecule has 0 saturated heterocycles. The Kier molecular flexibility index (Phi) is 13.8. The zero-order chi connectivity index (χ0) is 61.2. The van der Waals surface area contributed by atoms with Crippen LogP contribution in [-0.4, -0.2) is 153 Å². The second-order valence-corrected chi connectivity index (χ2v) is 17.9. The lowest BCUT2D eigenvalue weighted by Crippen LogP contribution is -2.12. The fourth-order valence-electron chi connectivity index (χ4n) is 9.75. The van der Waals surface area contributed by atoms with Crippen LogP contribution in [0.5, 0.6) is 0 Å². The van der Waals surface area contributed by atoms with Gasteiger partial charge >= 0.3 is 71.6 Å². The molecule has 0 saturated carbocycles. The maximum absolute atomic E-state index is 13.3. The van der Waals surface area contributed by atoms with E-state index >= 15 is 0 Å². The summed E-state index contributed by atoms with van der Waals surface area (Å²) in [4.78, 5) is 171. The number of hydrogen-bond donors (Lipinski definition) is 14. The van der Waals surface area contributed by atoms with Crippen molar-refractivity contribution in [2.24, 2.45) is 0 Å². The molecule has 5 heterocycles. The molecule has 0 radical (unpaired) electrons. The first-order chi connectivity index (χ1) is 39.6. The Morgan fingerprint density at radius 2 is 0.393 bits per heavy atom. The van der Waals surface area contributed by atoms with Crippen LogP contribution in [0.4, 0.5) is 0 Å². The first-order valence-corrected chi connectivity index (χ1v) is 23.3. The number of carbonyl (C=O) groups is 12. The van der Waals surface area contributed by atoms with Gasteiger partial charge in [0, 0.05) is 66.6 Å². The third-order valence-corrected chi connectivity index (χ3v) is 13.1. The number of carboxylic acids is 12. The van der Waals surface area contributed by atoms with Crippen LogP contribution in [0, 0.1) is 0 Å². The zero-order valence-electron chi connectivity index (χ0n) is 41.4. The topological polar surface area (TPSA) is 505 Å². The third-order valence-electron chi connectivity index (χ3n) is 13.1. The Balaban J connectivity index is 1.66. The molecule has 0 unspecified atom stereocenters. The maximum atomic E-state index is 13.3. The maximum Gasteiger partial charge on any atom is 0.336 e. The molecule has 7 aromatic rings. The highest BCUT2D eigenvalue weighted by Crippen LogP contribution is 2.44. The summed E-state index contributed by atoms with van der Waals surface area (Å²) in [6.45, 7) is 0. The number of benzene rings is 4. The van der Waals surface area contributed by atoms with Crippen molar-refractivity contribution >= 4 is 118 Å². The summed E-state index contributed by atoms with van der Waals surface area (Å²) in [5.41, 5.74) is -21.2. The minimum absolute atomic E-state index is 0.440. The van der Waals surface area contributed by atoms with Crippen LogP contribution >= 0.6 is 0 Å². The summed E-state index contributed by atoms with van der Waals surface area (Å²) in [7, 11) is 0. The van der Waals surface area contributed by atoms with E-state index in [1.807, 2.05) is 0 Å². The summed E-state index contributed by atoms with van der Waals surface area (Å²) < 4.78 is 0. The van der Waals surface area contributed by atoms with E-state index in [0.29, 0.717) is 48.5 Å². The van der Waals surface area contributed by atoms with Gasteiger partial charge in [0.1, 0.15) is 0 Å². The van der Waals surface area contributed by atoms with Crippen LogP contribution < -0.4 is 0 Å². The van der Waals surface area contributed by atoms with Gasteiger partial charge in [-0.1, -0.05) is 0 Å². The smallest absolute Gasteiger partial charge is 0.336 e. The highest BCUT2D eigenvalue weighted by Gasteiger charge is 2.34. The lowest BCUT2D eigenvalue weighted by molar-refractivity contribution is 0.0667. The van der Waals surface area contributed by atoms with Gasteiger partial charge in [-0.3, -0.25) is 0 Å². The number of carboxylic acid groups (broad SMARTS) is 12. The second kappa shape index (κ2) is 20.7. The molecule has 84 heavy (non-hydrogen) atoms. The SMILES string of the molecule is O=C(O)c1cc(C(=O)O)c(-c2c3nc(c(-c4c(C(=O)O)cc(C(=O)O)cc4C(=O)O)c4ccc([nH]4)c(-c4c(C(=O)O)cc(C(=O)O)cc4C(=O)O)c4nc(c(-c5c(C(=O)O)cc(C(=O)O)cc5C(=O)O)c5ccc2[nH]5)C=C4)C=C3)c(C(=O)O)c1. The van der Waals surface area contributed by atoms with Gasteiger partial charge in [-0.25, -0.2) is 67.5 Å². The number of hydrogen-bond acceptors (Lipinski definition) is 14. The van der Waals surface area contributed by atoms with E-state index in [2.05, 4.69) is 19.9 Å². The van der Waals surface area contributed by atoms with Gasteiger partial charge < -0.3 is 71.2 Å². The van der Waals surface area contributed by atoms with E-state index in [0.717, 1.165) is 48.6 Å². The predicted molar refractivity (Wildman–Crippen MR) is 284 cm³/mol. The summed E-state index contributed by atoms with van der Waals surface area (Å²) in [6.07, 6.45) is 4.19. The number of aromatic carboxylic acids is 12. The molecule has 28 nitrogen and oxygen atoms in total. The van der Waals surface area contributed by atoms with Crippen LogP contribution in [0.3, 0.4) is 0 Å². The van der Waals surface area contributed by atoms with Gasteiger partial charge in [0.05, 0.1) is 89.5 Å². The normalized spacial score (nSPS) is 11.4. The van der Waals surface area contributed by atoms with Crippen molar-refractivity contribution in [1.82, 2.24) is 19.9 Å². The van der Waals surface area contributed by atoms with Crippen LogP contribution in [0.25, 0.3) is 90.9 Å². The van der Waals surface area contributed by atoms with Gasteiger partial charge in [-0.05, 0) is 97.1 Å². The number of H-pyrrole nitrogens is 2. The Bertz CT molecular complexity index is 3890. The molecule has 14 N–H and O–H groups in total. The minimum atomic E-state index is -1.95. The quantitative estimate of drug-likeness (QED) is 0.0440. The Labute approximate surface area is 462 Å². The van der Waals surface area contributed by atoms with Crippen LogP contribution in [0.1, 0.15) is 147 Å². The number of aromatic nitrogens is 4. The summed E-state index contributed by atoms with van der Waals surface area (Å²) in [6, 6.07) is 8.94. The molecule has 8 bridgehead atoms. The molecule has 2 aliphatic rings. The first-order valence-electron chi connectivity index (χ1n) is 23.3. The molecule has 0 fully saturated rings. The van der Waals surface area contributed by atoms with E-state index in [1.54, 1.807) is 0 Å². The van der Waals surface area contributed by atoms with E-state index in [9.17, 15) is 119 Å².